The molecule has 0 saturated heterocycles. The highest BCUT2D eigenvalue weighted by molar-refractivity contribution is 7.13. The predicted octanol–water partition coefficient (Wildman–Crippen LogP) is 1.84. The van der Waals surface area contributed by atoms with Gasteiger partial charge in [0.1, 0.15) is 0 Å². The lowest BCUT2D eigenvalue weighted by molar-refractivity contribution is -0.145. The maximum Gasteiger partial charge on any atom is 0.309 e. The summed E-state index contributed by atoms with van der Waals surface area (Å²) in [5, 5.41) is 2.80. The van der Waals surface area contributed by atoms with Gasteiger partial charge in [0.2, 0.25) is 0 Å². The molecule has 112 valence electrons. The largest absolute Gasteiger partial charge is 0.469 e. The molecule has 1 unspecified atom stereocenters. The summed E-state index contributed by atoms with van der Waals surface area (Å²) in [6.45, 7) is 3.15. The minimum atomic E-state index is -0.196. The number of aromatic nitrogens is 3. The number of rotatable bonds is 6. The van der Waals surface area contributed by atoms with Crippen molar-refractivity contribution in [3.63, 3.8) is 0 Å². The van der Waals surface area contributed by atoms with Crippen molar-refractivity contribution >= 4 is 17.3 Å². The first-order chi connectivity index (χ1) is 10.1. The molecule has 2 rings (SSSR count). The molecule has 1 atom stereocenters. The second-order valence-corrected chi connectivity index (χ2v) is 5.70. The maximum absolute atomic E-state index is 11.4. The van der Waals surface area contributed by atoms with E-state index in [9.17, 15) is 4.79 Å². The molecule has 0 aromatic carbocycles. The Labute approximate surface area is 127 Å². The third-order valence-electron chi connectivity index (χ3n) is 2.93. The Bertz CT molecular complexity index is 588. The Kier molecular flexibility index (Phi) is 5.35. The Morgan fingerprint density at radius 3 is 2.81 bits per heavy atom. The van der Waals surface area contributed by atoms with Crippen molar-refractivity contribution in [1.82, 2.24) is 19.9 Å². The van der Waals surface area contributed by atoms with Crippen LogP contribution in [-0.2, 0) is 16.1 Å². The van der Waals surface area contributed by atoms with Gasteiger partial charge in [-0.25, -0.2) is 15.0 Å². The molecule has 2 aromatic heterocycles. The number of hydrogen-bond acceptors (Lipinski definition) is 7. The van der Waals surface area contributed by atoms with Crippen LogP contribution in [0.3, 0.4) is 0 Å². The lowest BCUT2D eigenvalue weighted by Crippen LogP contribution is -2.29. The van der Waals surface area contributed by atoms with Gasteiger partial charge in [-0.2, -0.15) is 0 Å². The van der Waals surface area contributed by atoms with E-state index in [2.05, 4.69) is 15.0 Å². The number of methoxy groups -OCH3 is 1. The van der Waals surface area contributed by atoms with Gasteiger partial charge >= 0.3 is 5.97 Å². The van der Waals surface area contributed by atoms with Crippen LogP contribution in [0, 0.1) is 5.92 Å². The molecule has 0 fully saturated rings. The van der Waals surface area contributed by atoms with E-state index in [1.807, 2.05) is 24.3 Å². The van der Waals surface area contributed by atoms with E-state index in [0.717, 1.165) is 10.7 Å². The quantitative estimate of drug-likeness (QED) is 0.759. The third-order valence-corrected chi connectivity index (χ3v) is 3.82. The van der Waals surface area contributed by atoms with Crippen molar-refractivity contribution in [3.05, 3.63) is 29.5 Å². The molecule has 0 N–H and O–H groups in total. The minimum Gasteiger partial charge on any atom is -0.469 e. The molecule has 0 aliphatic rings. The average molecular weight is 306 g/mol. The van der Waals surface area contributed by atoms with Gasteiger partial charge in [-0.05, 0) is 13.1 Å². The lowest BCUT2D eigenvalue weighted by atomic mass is 10.2. The van der Waals surface area contributed by atoms with Gasteiger partial charge in [0, 0.05) is 30.9 Å². The standard InChI is InChI=1S/C14H18N4O2S/c1-10(14(19)20-3)7-18(2)8-11-9-21-13(17-11)12-15-5-4-6-16-12/h4-6,9-10H,7-8H2,1-3H3. The van der Waals surface area contributed by atoms with Crippen molar-refractivity contribution < 1.29 is 9.53 Å². The van der Waals surface area contributed by atoms with Crippen molar-refractivity contribution in [2.24, 2.45) is 5.92 Å². The zero-order valence-corrected chi connectivity index (χ0v) is 13.1. The molecule has 0 spiro atoms. The van der Waals surface area contributed by atoms with Crippen molar-refractivity contribution in [1.29, 1.82) is 0 Å². The summed E-state index contributed by atoms with van der Waals surface area (Å²) < 4.78 is 4.73. The lowest BCUT2D eigenvalue weighted by Gasteiger charge is -2.18. The molecular weight excluding hydrogens is 288 g/mol. The average Bonchev–Trinajstić information content (AvgIpc) is 2.95. The Morgan fingerprint density at radius 2 is 2.14 bits per heavy atom. The summed E-state index contributed by atoms with van der Waals surface area (Å²) in [6, 6.07) is 1.78. The van der Waals surface area contributed by atoms with Gasteiger partial charge in [-0.1, -0.05) is 6.92 Å². The van der Waals surface area contributed by atoms with E-state index in [0.29, 0.717) is 18.9 Å². The second-order valence-electron chi connectivity index (χ2n) is 4.84. The fourth-order valence-electron chi connectivity index (χ4n) is 1.98. The van der Waals surface area contributed by atoms with Gasteiger partial charge in [0.05, 0.1) is 18.7 Å². The van der Waals surface area contributed by atoms with Crippen LogP contribution in [0.4, 0.5) is 0 Å². The smallest absolute Gasteiger partial charge is 0.309 e. The van der Waals surface area contributed by atoms with Gasteiger partial charge in [0.15, 0.2) is 10.8 Å². The highest BCUT2D eigenvalue weighted by Gasteiger charge is 2.16. The number of hydrogen-bond donors (Lipinski definition) is 0. The predicted molar refractivity (Wildman–Crippen MR) is 80.7 cm³/mol. The van der Waals surface area contributed by atoms with Crippen molar-refractivity contribution in [3.8, 4) is 10.8 Å². The highest BCUT2D eigenvalue weighted by atomic mass is 32.1. The topological polar surface area (TPSA) is 68.2 Å². The summed E-state index contributed by atoms with van der Waals surface area (Å²) in [6.07, 6.45) is 3.40. The van der Waals surface area contributed by atoms with E-state index in [4.69, 9.17) is 4.74 Å². The molecular formula is C14H18N4O2S. The molecule has 0 amide bonds. The molecule has 0 saturated carbocycles. The van der Waals surface area contributed by atoms with Crippen LogP contribution in [0.25, 0.3) is 10.8 Å². The van der Waals surface area contributed by atoms with Crippen LogP contribution < -0.4 is 0 Å². The fraction of sp³-hybridized carbons (Fsp3) is 0.429. The summed E-state index contributed by atoms with van der Waals surface area (Å²) in [5.41, 5.74) is 0.946. The molecule has 6 nitrogen and oxygen atoms in total. The van der Waals surface area contributed by atoms with Crippen LogP contribution in [-0.4, -0.2) is 46.5 Å². The van der Waals surface area contributed by atoms with Crippen LogP contribution in [0.2, 0.25) is 0 Å². The summed E-state index contributed by atoms with van der Waals surface area (Å²) in [4.78, 5) is 26.4. The number of carbonyl (C=O) groups excluding carboxylic acids is 1. The van der Waals surface area contributed by atoms with Gasteiger partial charge in [-0.3, -0.25) is 9.69 Å². The van der Waals surface area contributed by atoms with Crippen LogP contribution in [0.5, 0.6) is 0 Å². The van der Waals surface area contributed by atoms with Gasteiger partial charge < -0.3 is 4.74 Å². The van der Waals surface area contributed by atoms with Gasteiger partial charge in [0.25, 0.3) is 0 Å². The van der Waals surface area contributed by atoms with Crippen molar-refractivity contribution in [2.45, 2.75) is 13.5 Å². The zero-order valence-electron chi connectivity index (χ0n) is 12.3. The van der Waals surface area contributed by atoms with E-state index in [1.54, 1.807) is 18.5 Å². The third kappa shape index (κ3) is 4.30. The van der Waals surface area contributed by atoms with Crippen LogP contribution >= 0.6 is 11.3 Å². The Morgan fingerprint density at radius 1 is 1.43 bits per heavy atom. The summed E-state index contributed by atoms with van der Waals surface area (Å²) >= 11 is 1.52. The van der Waals surface area contributed by atoms with E-state index in [-0.39, 0.29) is 11.9 Å². The SMILES string of the molecule is COC(=O)C(C)CN(C)Cc1csc(-c2ncccn2)n1. The first kappa shape index (κ1) is 15.5. The number of esters is 1. The normalized spacial score (nSPS) is 12.4. The monoisotopic (exact) mass is 306 g/mol. The molecule has 2 heterocycles. The number of thiazole rings is 1. The zero-order chi connectivity index (χ0) is 15.2. The number of ether oxygens (including phenoxy) is 1. The maximum atomic E-state index is 11.4. The molecule has 0 bridgehead atoms. The number of nitrogens with zero attached hydrogens (tertiary/aromatic N) is 4. The molecule has 0 aliphatic heterocycles. The first-order valence-corrected chi connectivity index (χ1v) is 7.46. The van der Waals surface area contributed by atoms with Crippen LogP contribution in [0.1, 0.15) is 12.6 Å². The first-order valence-electron chi connectivity index (χ1n) is 6.58. The molecule has 7 heteroatoms. The van der Waals surface area contributed by atoms with Gasteiger partial charge in [-0.15, -0.1) is 11.3 Å². The van der Waals surface area contributed by atoms with Crippen LogP contribution in [0.15, 0.2) is 23.8 Å². The van der Waals surface area contributed by atoms with E-state index >= 15 is 0 Å². The minimum absolute atomic E-state index is 0.157. The second kappa shape index (κ2) is 7.24. The molecule has 0 aliphatic carbocycles. The molecule has 2 aromatic rings. The molecule has 21 heavy (non-hydrogen) atoms. The Balaban J connectivity index is 1.95. The van der Waals surface area contributed by atoms with E-state index in [1.165, 1.54) is 18.4 Å². The Hall–Kier alpha value is -1.86. The number of carbonyl (C=O) groups is 1. The van der Waals surface area contributed by atoms with Crippen molar-refractivity contribution in [2.75, 3.05) is 20.7 Å². The fourth-order valence-corrected chi connectivity index (χ4v) is 2.73. The summed E-state index contributed by atoms with van der Waals surface area (Å²) in [5.74, 6) is 0.286. The summed E-state index contributed by atoms with van der Waals surface area (Å²) in [7, 11) is 3.36. The molecule has 0 radical (unpaired) electrons. The highest BCUT2D eigenvalue weighted by Crippen LogP contribution is 2.20. The van der Waals surface area contributed by atoms with E-state index < -0.39 is 0 Å².